The first-order valence-corrected chi connectivity index (χ1v) is 9.81. The fourth-order valence-electron chi connectivity index (χ4n) is 2.26. The van der Waals surface area contributed by atoms with Gasteiger partial charge in [0.15, 0.2) is 0 Å². The normalized spacial score (nSPS) is 11.3. The minimum absolute atomic E-state index is 0. The van der Waals surface area contributed by atoms with Gasteiger partial charge < -0.3 is 19.5 Å². The van der Waals surface area contributed by atoms with Crippen molar-refractivity contribution >= 4 is 42.3 Å². The first-order valence-electron chi connectivity index (χ1n) is 6.99. The van der Waals surface area contributed by atoms with Crippen LogP contribution in [0.25, 0.3) is 22.1 Å². The van der Waals surface area contributed by atoms with Crippen LogP contribution in [0.2, 0.25) is 0 Å². The van der Waals surface area contributed by atoms with Gasteiger partial charge in [-0.1, -0.05) is 21.8 Å². The second-order valence-electron chi connectivity index (χ2n) is 5.11. The Bertz CT molecular complexity index is 1290. The standard InChI is InChI=1S/2C6H5N3O4S.2Na/c2*10-9-6-4(7-8-9)2-1-3-5(6)14(11,12)13;;/h2*1-3,10H,(H,11,12,13);;/q;;2*+1/p-2. The fraction of sp³-hybridized carbons (Fsp3) is 0. The van der Waals surface area contributed by atoms with Gasteiger partial charge in [0.05, 0.1) is 9.79 Å². The van der Waals surface area contributed by atoms with Gasteiger partial charge >= 0.3 is 59.1 Å². The fourth-order valence-corrected chi connectivity index (χ4v) is 3.60. The number of aromatic nitrogens is 6. The molecule has 0 fully saturated rings. The van der Waals surface area contributed by atoms with E-state index < -0.39 is 30.0 Å². The summed E-state index contributed by atoms with van der Waals surface area (Å²) >= 11 is 0. The number of para-hydroxylation sites is 2. The van der Waals surface area contributed by atoms with Crippen molar-refractivity contribution in [3.8, 4) is 0 Å². The molecule has 148 valence electrons. The van der Waals surface area contributed by atoms with E-state index >= 15 is 0 Å². The molecule has 0 spiro atoms. The van der Waals surface area contributed by atoms with Gasteiger partial charge in [-0.05, 0) is 34.7 Å². The minimum Gasteiger partial charge on any atom is -0.744 e. The summed E-state index contributed by atoms with van der Waals surface area (Å²) in [6.07, 6.45) is 0. The van der Waals surface area contributed by atoms with Gasteiger partial charge in [-0.15, -0.1) is 10.2 Å². The molecule has 0 radical (unpaired) electrons. The second kappa shape index (κ2) is 9.86. The third kappa shape index (κ3) is 5.47. The van der Waals surface area contributed by atoms with Crippen molar-refractivity contribution in [3.05, 3.63) is 36.4 Å². The van der Waals surface area contributed by atoms with E-state index in [9.17, 15) is 25.9 Å². The Labute approximate surface area is 212 Å². The van der Waals surface area contributed by atoms with Crippen LogP contribution in [0.15, 0.2) is 46.2 Å². The Morgan fingerprint density at radius 2 is 1.03 bits per heavy atom. The van der Waals surface area contributed by atoms with E-state index in [-0.39, 0.29) is 90.9 Å². The molecule has 18 heteroatoms. The number of hydrogen-bond acceptors (Lipinski definition) is 12. The van der Waals surface area contributed by atoms with Crippen LogP contribution < -0.4 is 59.1 Å². The van der Waals surface area contributed by atoms with Crippen LogP contribution in [0.1, 0.15) is 0 Å². The number of fused-ring (bicyclic) bond motifs is 2. The molecule has 0 aliphatic carbocycles. The van der Waals surface area contributed by atoms with Crippen LogP contribution in [0, 0.1) is 0 Å². The summed E-state index contributed by atoms with van der Waals surface area (Å²) in [5.41, 5.74) is -0.126. The summed E-state index contributed by atoms with van der Waals surface area (Å²) in [6, 6.07) is 7.73. The van der Waals surface area contributed by atoms with E-state index in [0.29, 0.717) is 0 Å². The summed E-state index contributed by atoms with van der Waals surface area (Å²) in [7, 11) is -9.27. The topological polar surface area (TPSA) is 216 Å². The molecule has 30 heavy (non-hydrogen) atoms. The van der Waals surface area contributed by atoms with E-state index in [1.54, 1.807) is 0 Å². The zero-order valence-corrected chi connectivity index (χ0v) is 20.9. The predicted octanol–water partition coefficient (Wildman–Crippen LogP) is -6.85. The van der Waals surface area contributed by atoms with E-state index in [1.807, 2.05) is 0 Å². The van der Waals surface area contributed by atoms with Crippen molar-refractivity contribution < 1.29 is 95.5 Å². The average molecular weight is 474 g/mol. The molecule has 4 aromatic rings. The summed E-state index contributed by atoms with van der Waals surface area (Å²) in [4.78, 5) is -0.551. The van der Waals surface area contributed by atoms with Crippen LogP contribution in [0.5, 0.6) is 0 Å². The van der Waals surface area contributed by atoms with Gasteiger partial charge in [0.2, 0.25) is 0 Å². The van der Waals surface area contributed by atoms with E-state index in [0.717, 1.165) is 12.1 Å². The second-order valence-corrected chi connectivity index (χ2v) is 7.81. The molecule has 2 N–H and O–H groups in total. The van der Waals surface area contributed by atoms with Crippen LogP contribution in [-0.2, 0) is 20.2 Å². The third-order valence-corrected chi connectivity index (χ3v) is 5.10. The molecule has 4 rings (SSSR count). The van der Waals surface area contributed by atoms with Crippen molar-refractivity contribution in [2.45, 2.75) is 9.79 Å². The van der Waals surface area contributed by atoms with Crippen LogP contribution in [-0.4, -0.2) is 66.7 Å². The molecule has 0 saturated carbocycles. The zero-order valence-electron chi connectivity index (χ0n) is 15.3. The van der Waals surface area contributed by atoms with Crippen molar-refractivity contribution in [2.75, 3.05) is 0 Å². The predicted molar refractivity (Wildman–Crippen MR) is 85.4 cm³/mol. The quantitative estimate of drug-likeness (QED) is 0.157. The molecule has 2 aromatic heterocycles. The third-order valence-electron chi connectivity index (χ3n) is 3.37. The Morgan fingerprint density at radius 1 is 0.700 bits per heavy atom. The molecule has 0 unspecified atom stereocenters. The molecule has 0 bridgehead atoms. The monoisotopic (exact) mass is 474 g/mol. The number of nitrogens with zero attached hydrogens (tertiary/aromatic N) is 6. The molecule has 2 aromatic carbocycles. The Balaban J connectivity index is 0.000000281. The number of rotatable bonds is 2. The van der Waals surface area contributed by atoms with Crippen LogP contribution in [0.3, 0.4) is 0 Å². The smallest absolute Gasteiger partial charge is 0.744 e. The number of benzene rings is 2. The molecule has 0 atom stereocenters. The average Bonchev–Trinajstić information content (AvgIpc) is 3.17. The SMILES string of the molecule is O=S(=O)([O-])c1cccc2nnn(O)c12.O=S(=O)([O-])c1cccc2nnn(O)c12.[Na+].[Na+]. The molecular weight excluding hydrogens is 466 g/mol. The maximum Gasteiger partial charge on any atom is 1.00 e. The molecule has 0 aliphatic rings. The summed E-state index contributed by atoms with van der Waals surface area (Å²) in [5.74, 6) is 0. The largest absolute Gasteiger partial charge is 1.00 e. The van der Waals surface area contributed by atoms with E-state index in [1.165, 1.54) is 24.3 Å². The Hall–Kier alpha value is -1.34. The van der Waals surface area contributed by atoms with Gasteiger partial charge in [0, 0.05) is 0 Å². The Kier molecular flexibility index (Phi) is 8.77. The maximum absolute atomic E-state index is 10.8. The van der Waals surface area contributed by atoms with Crippen LogP contribution >= 0.6 is 0 Å². The first-order chi connectivity index (χ1) is 13.0. The van der Waals surface area contributed by atoms with Gasteiger partial charge in [-0.3, -0.25) is 0 Å². The Morgan fingerprint density at radius 3 is 1.33 bits per heavy atom. The summed E-state index contributed by atoms with van der Waals surface area (Å²) in [6.45, 7) is 0. The molecule has 14 nitrogen and oxygen atoms in total. The maximum atomic E-state index is 10.8. The minimum atomic E-state index is -4.63. The van der Waals surface area contributed by atoms with Crippen molar-refractivity contribution in [3.63, 3.8) is 0 Å². The van der Waals surface area contributed by atoms with Gasteiger partial charge in [0.1, 0.15) is 42.3 Å². The molecule has 2 heterocycles. The van der Waals surface area contributed by atoms with Crippen LogP contribution in [0.4, 0.5) is 0 Å². The van der Waals surface area contributed by atoms with Gasteiger partial charge in [0.25, 0.3) is 0 Å². The molecule has 0 saturated heterocycles. The van der Waals surface area contributed by atoms with Gasteiger partial charge in [-0.25, -0.2) is 16.8 Å². The van der Waals surface area contributed by atoms with Crippen molar-refractivity contribution in [2.24, 2.45) is 0 Å². The molecule has 0 amide bonds. The molecular formula is C12H8N6Na2O8S2. The zero-order chi connectivity index (χ0) is 20.7. The van der Waals surface area contributed by atoms with Crippen molar-refractivity contribution in [1.29, 1.82) is 0 Å². The summed E-state index contributed by atoms with van der Waals surface area (Å²) in [5, 5.41) is 31.5. The van der Waals surface area contributed by atoms with E-state index in [2.05, 4.69) is 20.6 Å². The molecule has 0 aliphatic heterocycles. The number of hydrogen-bond donors (Lipinski definition) is 2. The van der Waals surface area contributed by atoms with Gasteiger partial charge in [-0.2, -0.15) is 0 Å². The van der Waals surface area contributed by atoms with E-state index in [4.69, 9.17) is 10.4 Å². The summed E-state index contributed by atoms with van der Waals surface area (Å²) < 4.78 is 64.6. The first kappa shape index (κ1) is 26.7. The van der Waals surface area contributed by atoms with Crippen molar-refractivity contribution in [1.82, 2.24) is 30.3 Å².